The largest absolute Gasteiger partial charge is 0.508 e. The molecule has 0 aliphatic heterocycles. The molecule has 0 fully saturated rings. The quantitative estimate of drug-likeness (QED) is 0.789. The number of nitrogens with one attached hydrogen (secondary N) is 1. The van der Waals surface area contributed by atoms with Gasteiger partial charge in [0.15, 0.2) is 0 Å². The molecule has 0 aliphatic rings. The maximum absolute atomic E-state index is 12.1. The van der Waals surface area contributed by atoms with Gasteiger partial charge in [0, 0.05) is 9.77 Å². The minimum atomic E-state index is 0.0279. The molecule has 5 heteroatoms. The zero-order valence-electron chi connectivity index (χ0n) is 12.1. The summed E-state index contributed by atoms with van der Waals surface area (Å²) >= 11 is 3.14. The Labute approximate surface area is 133 Å². The number of carbonyl (C=O) groups excluding carboxylic acids is 1. The molecular formula is C16H19NO2S2. The van der Waals surface area contributed by atoms with Gasteiger partial charge in [-0.3, -0.25) is 4.79 Å². The SMILES string of the molecule is CC(C)C(NC(=O)CSc1ccc(O)cc1)c1cccs1. The van der Waals surface area contributed by atoms with Crippen LogP contribution in [0.3, 0.4) is 0 Å². The summed E-state index contributed by atoms with van der Waals surface area (Å²) < 4.78 is 0. The van der Waals surface area contributed by atoms with E-state index in [2.05, 4.69) is 25.2 Å². The van der Waals surface area contributed by atoms with Crippen LogP contribution in [0, 0.1) is 5.92 Å². The Bertz CT molecular complexity index is 564. The van der Waals surface area contributed by atoms with Gasteiger partial charge in [0.1, 0.15) is 5.75 Å². The Morgan fingerprint density at radius 1 is 1.29 bits per heavy atom. The van der Waals surface area contributed by atoms with E-state index in [1.165, 1.54) is 16.6 Å². The highest BCUT2D eigenvalue weighted by molar-refractivity contribution is 8.00. The number of phenolic OH excluding ortho intramolecular Hbond substituents is 1. The van der Waals surface area contributed by atoms with Crippen LogP contribution < -0.4 is 5.32 Å². The molecule has 1 atom stereocenters. The molecule has 0 aliphatic carbocycles. The van der Waals surface area contributed by atoms with Gasteiger partial charge < -0.3 is 10.4 Å². The number of hydrogen-bond donors (Lipinski definition) is 2. The van der Waals surface area contributed by atoms with Gasteiger partial charge in [-0.25, -0.2) is 0 Å². The lowest BCUT2D eigenvalue weighted by molar-refractivity contribution is -0.119. The Morgan fingerprint density at radius 2 is 2.00 bits per heavy atom. The first-order valence-electron chi connectivity index (χ1n) is 6.81. The highest BCUT2D eigenvalue weighted by Crippen LogP contribution is 2.26. The van der Waals surface area contributed by atoms with E-state index >= 15 is 0 Å². The number of carbonyl (C=O) groups is 1. The summed E-state index contributed by atoms with van der Waals surface area (Å²) in [5.41, 5.74) is 0. The molecule has 2 N–H and O–H groups in total. The zero-order chi connectivity index (χ0) is 15.2. The topological polar surface area (TPSA) is 49.3 Å². The second-order valence-electron chi connectivity index (χ2n) is 5.09. The lowest BCUT2D eigenvalue weighted by Gasteiger charge is -2.21. The number of amides is 1. The fourth-order valence-corrected chi connectivity index (χ4v) is 3.60. The smallest absolute Gasteiger partial charge is 0.230 e. The lowest BCUT2D eigenvalue weighted by atomic mass is 10.0. The van der Waals surface area contributed by atoms with E-state index < -0.39 is 0 Å². The molecule has 21 heavy (non-hydrogen) atoms. The van der Waals surface area contributed by atoms with Gasteiger partial charge in [0.05, 0.1) is 11.8 Å². The molecule has 0 saturated heterocycles. The molecule has 0 radical (unpaired) electrons. The Kier molecular flexibility index (Phi) is 5.70. The normalized spacial score (nSPS) is 12.3. The lowest BCUT2D eigenvalue weighted by Crippen LogP contribution is -2.32. The number of hydrogen-bond acceptors (Lipinski definition) is 4. The first-order chi connectivity index (χ1) is 10.1. The number of rotatable bonds is 6. The highest BCUT2D eigenvalue weighted by atomic mass is 32.2. The number of aromatic hydroxyl groups is 1. The Morgan fingerprint density at radius 3 is 2.57 bits per heavy atom. The second kappa shape index (κ2) is 7.52. The maximum Gasteiger partial charge on any atom is 0.230 e. The van der Waals surface area contributed by atoms with Crippen molar-refractivity contribution in [1.82, 2.24) is 5.32 Å². The third-order valence-corrected chi connectivity index (χ3v) is 5.01. The van der Waals surface area contributed by atoms with Crippen LogP contribution in [-0.4, -0.2) is 16.8 Å². The van der Waals surface area contributed by atoms with E-state index in [-0.39, 0.29) is 17.7 Å². The first kappa shape index (κ1) is 15.9. The second-order valence-corrected chi connectivity index (χ2v) is 7.12. The van der Waals surface area contributed by atoms with E-state index in [1.807, 2.05) is 23.6 Å². The van der Waals surface area contributed by atoms with E-state index in [0.717, 1.165) is 4.90 Å². The van der Waals surface area contributed by atoms with Gasteiger partial charge in [-0.15, -0.1) is 23.1 Å². The van der Waals surface area contributed by atoms with Crippen LogP contribution >= 0.6 is 23.1 Å². The summed E-state index contributed by atoms with van der Waals surface area (Å²) in [5, 5.41) is 14.4. The summed E-state index contributed by atoms with van der Waals surface area (Å²) in [6.45, 7) is 4.22. The van der Waals surface area contributed by atoms with E-state index in [1.54, 1.807) is 23.5 Å². The van der Waals surface area contributed by atoms with Crippen LogP contribution in [0.2, 0.25) is 0 Å². The maximum atomic E-state index is 12.1. The fourth-order valence-electron chi connectivity index (χ4n) is 1.94. The summed E-state index contributed by atoms with van der Waals surface area (Å²) in [5.74, 6) is 0.993. The third kappa shape index (κ3) is 4.79. The molecule has 3 nitrogen and oxygen atoms in total. The molecular weight excluding hydrogens is 302 g/mol. The number of thiophene rings is 1. The molecule has 1 aromatic carbocycles. The minimum absolute atomic E-state index is 0.0279. The van der Waals surface area contributed by atoms with Crippen molar-refractivity contribution >= 4 is 29.0 Å². The first-order valence-corrected chi connectivity index (χ1v) is 8.67. The zero-order valence-corrected chi connectivity index (χ0v) is 13.7. The molecule has 1 aromatic heterocycles. The van der Waals surface area contributed by atoms with Crippen molar-refractivity contribution in [2.75, 3.05) is 5.75 Å². The minimum Gasteiger partial charge on any atom is -0.508 e. The van der Waals surface area contributed by atoms with E-state index in [4.69, 9.17) is 0 Å². The molecule has 0 bridgehead atoms. The van der Waals surface area contributed by atoms with Crippen LogP contribution in [-0.2, 0) is 4.79 Å². The van der Waals surface area contributed by atoms with Crippen LogP contribution in [0.1, 0.15) is 24.8 Å². The average molecular weight is 321 g/mol. The predicted molar refractivity (Wildman–Crippen MR) is 88.9 cm³/mol. The molecule has 1 amide bonds. The van der Waals surface area contributed by atoms with Gasteiger partial charge in [-0.1, -0.05) is 19.9 Å². The summed E-state index contributed by atoms with van der Waals surface area (Å²) in [6.07, 6.45) is 0. The highest BCUT2D eigenvalue weighted by Gasteiger charge is 2.19. The van der Waals surface area contributed by atoms with Crippen molar-refractivity contribution < 1.29 is 9.90 Å². The number of phenols is 1. The van der Waals surface area contributed by atoms with Crippen molar-refractivity contribution in [3.05, 3.63) is 46.7 Å². The van der Waals surface area contributed by atoms with Crippen LogP contribution in [0.5, 0.6) is 5.75 Å². The Balaban J connectivity index is 1.89. The van der Waals surface area contributed by atoms with Crippen LogP contribution in [0.25, 0.3) is 0 Å². The van der Waals surface area contributed by atoms with Gasteiger partial charge in [0.25, 0.3) is 0 Å². The molecule has 2 aromatic rings. The molecule has 2 rings (SSSR count). The molecule has 1 unspecified atom stereocenters. The van der Waals surface area contributed by atoms with Gasteiger partial charge in [-0.05, 0) is 41.6 Å². The summed E-state index contributed by atoms with van der Waals surface area (Å²) in [6, 6.07) is 11.0. The van der Waals surface area contributed by atoms with E-state index in [0.29, 0.717) is 11.7 Å². The monoisotopic (exact) mass is 321 g/mol. The number of thioether (sulfide) groups is 1. The molecule has 0 saturated carbocycles. The van der Waals surface area contributed by atoms with Crippen molar-refractivity contribution in [3.8, 4) is 5.75 Å². The standard InChI is InChI=1S/C16H19NO2S2/c1-11(2)16(14-4-3-9-20-14)17-15(19)10-21-13-7-5-12(18)6-8-13/h3-9,11,16,18H,10H2,1-2H3,(H,17,19). The van der Waals surface area contributed by atoms with Gasteiger partial charge in [0.2, 0.25) is 5.91 Å². The predicted octanol–water partition coefficient (Wildman–Crippen LogP) is 4.06. The molecule has 1 heterocycles. The molecule has 112 valence electrons. The van der Waals surface area contributed by atoms with Crippen LogP contribution in [0.15, 0.2) is 46.7 Å². The van der Waals surface area contributed by atoms with Crippen molar-refractivity contribution in [3.63, 3.8) is 0 Å². The van der Waals surface area contributed by atoms with Crippen molar-refractivity contribution in [2.45, 2.75) is 24.8 Å². The summed E-state index contributed by atoms with van der Waals surface area (Å²) in [4.78, 5) is 14.3. The van der Waals surface area contributed by atoms with Crippen molar-refractivity contribution in [2.24, 2.45) is 5.92 Å². The van der Waals surface area contributed by atoms with Crippen molar-refractivity contribution in [1.29, 1.82) is 0 Å². The van der Waals surface area contributed by atoms with Gasteiger partial charge >= 0.3 is 0 Å². The van der Waals surface area contributed by atoms with Gasteiger partial charge in [-0.2, -0.15) is 0 Å². The molecule has 0 spiro atoms. The van der Waals surface area contributed by atoms with Crippen LogP contribution in [0.4, 0.5) is 0 Å². The van der Waals surface area contributed by atoms with E-state index in [9.17, 15) is 9.90 Å². The number of benzene rings is 1. The third-order valence-electron chi connectivity index (χ3n) is 3.04. The fraction of sp³-hybridized carbons (Fsp3) is 0.312. The Hall–Kier alpha value is -1.46. The summed E-state index contributed by atoms with van der Waals surface area (Å²) in [7, 11) is 0. The average Bonchev–Trinajstić information content (AvgIpc) is 2.97.